The number of piperidine rings is 1. The lowest BCUT2D eigenvalue weighted by molar-refractivity contribution is 0.192. The van der Waals surface area contributed by atoms with Crippen LogP contribution in [-0.4, -0.2) is 48.1 Å². The lowest BCUT2D eigenvalue weighted by Crippen LogP contribution is -2.52. The van der Waals surface area contributed by atoms with Gasteiger partial charge in [0.25, 0.3) is 0 Å². The predicted octanol–water partition coefficient (Wildman–Crippen LogP) is 2.74. The standard InChI is InChI=1S/C19H28N4O/c1-3-23(4-2)19(24)22-16-10-14(11-20-13-16)9-15-12-21-18-8-6-5-7-17(15)18/h5-8,12,14,16,20-21H,3-4,9-11,13H2,1-2H3,(H,22,24)/t14-,16+/m1/s1. The maximum atomic E-state index is 12.3. The van der Waals surface area contributed by atoms with Crippen molar-refractivity contribution in [3.8, 4) is 0 Å². The van der Waals surface area contributed by atoms with Crippen molar-refractivity contribution < 1.29 is 4.79 Å². The van der Waals surface area contributed by atoms with Gasteiger partial charge in [0.05, 0.1) is 0 Å². The molecule has 2 amide bonds. The maximum Gasteiger partial charge on any atom is 0.317 e. The van der Waals surface area contributed by atoms with Crippen LogP contribution in [-0.2, 0) is 6.42 Å². The Hall–Kier alpha value is -2.01. The van der Waals surface area contributed by atoms with Crippen molar-refractivity contribution in [3.63, 3.8) is 0 Å². The van der Waals surface area contributed by atoms with Crippen LogP contribution in [0.2, 0.25) is 0 Å². The number of carbonyl (C=O) groups is 1. The Labute approximate surface area is 143 Å². The van der Waals surface area contributed by atoms with Gasteiger partial charge < -0.3 is 20.5 Å². The number of nitrogens with zero attached hydrogens (tertiary/aromatic N) is 1. The number of H-pyrrole nitrogens is 1. The van der Waals surface area contributed by atoms with Crippen molar-refractivity contribution in [1.29, 1.82) is 0 Å². The number of para-hydroxylation sites is 1. The highest BCUT2D eigenvalue weighted by Gasteiger charge is 2.25. The predicted molar refractivity (Wildman–Crippen MR) is 98.2 cm³/mol. The van der Waals surface area contributed by atoms with E-state index in [0.29, 0.717) is 5.92 Å². The summed E-state index contributed by atoms with van der Waals surface area (Å²) in [5, 5.41) is 7.98. The monoisotopic (exact) mass is 328 g/mol. The Kier molecular flexibility index (Phi) is 5.41. The Morgan fingerprint density at radius 2 is 2.04 bits per heavy atom. The third-order valence-corrected chi connectivity index (χ3v) is 5.00. The molecule has 0 unspecified atom stereocenters. The number of nitrogens with one attached hydrogen (secondary N) is 3. The summed E-state index contributed by atoms with van der Waals surface area (Å²) in [6, 6.07) is 8.71. The first-order valence-electron chi connectivity index (χ1n) is 9.02. The molecule has 5 heteroatoms. The topological polar surface area (TPSA) is 60.2 Å². The molecular formula is C19H28N4O. The summed E-state index contributed by atoms with van der Waals surface area (Å²) in [7, 11) is 0. The summed E-state index contributed by atoms with van der Waals surface area (Å²) < 4.78 is 0. The van der Waals surface area contributed by atoms with E-state index in [0.717, 1.165) is 39.0 Å². The number of rotatable bonds is 5. The summed E-state index contributed by atoms with van der Waals surface area (Å²) in [6.07, 6.45) is 4.19. The second-order valence-electron chi connectivity index (χ2n) is 6.64. The molecular weight excluding hydrogens is 300 g/mol. The van der Waals surface area contributed by atoms with Crippen LogP contribution in [0.15, 0.2) is 30.5 Å². The lowest BCUT2D eigenvalue weighted by atomic mass is 9.89. The average molecular weight is 328 g/mol. The van der Waals surface area contributed by atoms with E-state index in [-0.39, 0.29) is 12.1 Å². The van der Waals surface area contributed by atoms with Gasteiger partial charge in [0.2, 0.25) is 0 Å². The molecule has 1 aromatic carbocycles. The zero-order valence-electron chi connectivity index (χ0n) is 14.6. The van der Waals surface area contributed by atoms with E-state index in [1.165, 1.54) is 16.5 Å². The first-order valence-corrected chi connectivity index (χ1v) is 9.02. The Bertz CT molecular complexity index is 677. The van der Waals surface area contributed by atoms with Crippen LogP contribution < -0.4 is 10.6 Å². The molecule has 1 aliphatic heterocycles. The maximum absolute atomic E-state index is 12.3. The molecule has 2 heterocycles. The van der Waals surface area contributed by atoms with E-state index in [4.69, 9.17) is 0 Å². The highest BCUT2D eigenvalue weighted by Crippen LogP contribution is 2.23. The molecule has 130 valence electrons. The van der Waals surface area contributed by atoms with Crippen LogP contribution in [0.3, 0.4) is 0 Å². The third kappa shape index (κ3) is 3.73. The number of urea groups is 1. The zero-order valence-corrected chi connectivity index (χ0v) is 14.6. The van der Waals surface area contributed by atoms with Crippen LogP contribution in [0.4, 0.5) is 4.79 Å². The van der Waals surface area contributed by atoms with Crippen LogP contribution in [0.1, 0.15) is 25.8 Å². The molecule has 0 bridgehead atoms. The average Bonchev–Trinajstić information content (AvgIpc) is 2.99. The van der Waals surface area contributed by atoms with Crippen LogP contribution in [0.25, 0.3) is 10.9 Å². The Morgan fingerprint density at radius 1 is 1.25 bits per heavy atom. The molecule has 5 nitrogen and oxygen atoms in total. The normalized spacial score (nSPS) is 20.9. The minimum atomic E-state index is 0.0551. The van der Waals surface area contributed by atoms with Crippen molar-refractivity contribution in [2.75, 3.05) is 26.2 Å². The van der Waals surface area contributed by atoms with E-state index in [9.17, 15) is 4.79 Å². The van der Waals surface area contributed by atoms with Gasteiger partial charge in [-0.2, -0.15) is 0 Å². The van der Waals surface area contributed by atoms with Gasteiger partial charge in [-0.1, -0.05) is 18.2 Å². The van der Waals surface area contributed by atoms with Crippen molar-refractivity contribution >= 4 is 16.9 Å². The molecule has 1 aromatic heterocycles. The molecule has 3 rings (SSSR count). The number of aromatic amines is 1. The number of hydrogen-bond donors (Lipinski definition) is 3. The minimum Gasteiger partial charge on any atom is -0.361 e. The molecule has 2 aromatic rings. The third-order valence-electron chi connectivity index (χ3n) is 5.00. The highest BCUT2D eigenvalue weighted by molar-refractivity contribution is 5.83. The molecule has 3 N–H and O–H groups in total. The van der Waals surface area contributed by atoms with Crippen molar-refractivity contribution in [2.45, 2.75) is 32.7 Å². The molecule has 0 radical (unpaired) electrons. The first kappa shape index (κ1) is 16.8. The smallest absolute Gasteiger partial charge is 0.317 e. The van der Waals surface area contributed by atoms with Gasteiger partial charge in [0.1, 0.15) is 0 Å². The molecule has 0 spiro atoms. The summed E-state index contributed by atoms with van der Waals surface area (Å²) >= 11 is 0. The molecule has 0 aliphatic carbocycles. The minimum absolute atomic E-state index is 0.0551. The Balaban J connectivity index is 1.60. The summed E-state index contributed by atoms with van der Waals surface area (Å²) in [5.41, 5.74) is 2.57. The van der Waals surface area contributed by atoms with Crippen molar-refractivity contribution in [1.82, 2.24) is 20.5 Å². The number of hydrogen-bond acceptors (Lipinski definition) is 2. The molecule has 2 atom stereocenters. The van der Waals surface area contributed by atoms with Gasteiger partial charge in [-0.15, -0.1) is 0 Å². The first-order chi connectivity index (χ1) is 11.7. The van der Waals surface area contributed by atoms with E-state index < -0.39 is 0 Å². The number of benzene rings is 1. The summed E-state index contributed by atoms with van der Waals surface area (Å²) in [4.78, 5) is 17.4. The molecule has 1 fully saturated rings. The van der Waals surface area contributed by atoms with E-state index >= 15 is 0 Å². The molecule has 1 saturated heterocycles. The van der Waals surface area contributed by atoms with Crippen LogP contribution in [0.5, 0.6) is 0 Å². The largest absolute Gasteiger partial charge is 0.361 e. The Morgan fingerprint density at radius 3 is 2.83 bits per heavy atom. The van der Waals surface area contributed by atoms with Crippen LogP contribution >= 0.6 is 0 Å². The van der Waals surface area contributed by atoms with Gasteiger partial charge in [-0.3, -0.25) is 0 Å². The summed E-state index contributed by atoms with van der Waals surface area (Å²) in [6.45, 7) is 7.40. The highest BCUT2D eigenvalue weighted by atomic mass is 16.2. The van der Waals surface area contributed by atoms with Gasteiger partial charge in [-0.05, 0) is 50.8 Å². The SMILES string of the molecule is CCN(CC)C(=O)N[C@@H]1CNC[C@H](Cc2c[nH]c3ccccc23)C1. The molecule has 24 heavy (non-hydrogen) atoms. The fourth-order valence-electron chi connectivity index (χ4n) is 3.68. The number of aromatic nitrogens is 1. The van der Waals surface area contributed by atoms with Gasteiger partial charge in [0.15, 0.2) is 0 Å². The number of carbonyl (C=O) groups excluding carboxylic acids is 1. The van der Waals surface area contributed by atoms with Gasteiger partial charge in [0, 0.05) is 42.8 Å². The number of amides is 2. The second-order valence-corrected chi connectivity index (χ2v) is 6.64. The lowest BCUT2D eigenvalue weighted by Gasteiger charge is -2.32. The fraction of sp³-hybridized carbons (Fsp3) is 0.526. The van der Waals surface area contributed by atoms with Gasteiger partial charge in [-0.25, -0.2) is 4.79 Å². The fourth-order valence-corrected chi connectivity index (χ4v) is 3.68. The van der Waals surface area contributed by atoms with E-state index in [2.05, 4.69) is 46.1 Å². The zero-order chi connectivity index (χ0) is 16.9. The van der Waals surface area contributed by atoms with E-state index in [1.807, 2.05) is 18.7 Å². The van der Waals surface area contributed by atoms with Crippen molar-refractivity contribution in [3.05, 3.63) is 36.0 Å². The molecule has 0 saturated carbocycles. The number of fused-ring (bicyclic) bond motifs is 1. The van der Waals surface area contributed by atoms with Gasteiger partial charge >= 0.3 is 6.03 Å². The summed E-state index contributed by atoms with van der Waals surface area (Å²) in [5.74, 6) is 0.542. The quantitative estimate of drug-likeness (QED) is 0.790. The van der Waals surface area contributed by atoms with E-state index in [1.54, 1.807) is 0 Å². The molecule has 1 aliphatic rings. The second kappa shape index (κ2) is 7.71. The van der Waals surface area contributed by atoms with Crippen LogP contribution in [0, 0.1) is 5.92 Å². The van der Waals surface area contributed by atoms with Crippen molar-refractivity contribution in [2.24, 2.45) is 5.92 Å².